The van der Waals surface area contributed by atoms with E-state index >= 15 is 0 Å². The molecule has 0 spiro atoms. The van der Waals surface area contributed by atoms with Crippen LogP contribution in [0.2, 0.25) is 0 Å². The Hall–Kier alpha value is -1.91. The van der Waals surface area contributed by atoms with Gasteiger partial charge in [-0.3, -0.25) is 19.7 Å². The van der Waals surface area contributed by atoms with Gasteiger partial charge < -0.3 is 5.32 Å². The lowest BCUT2D eigenvalue weighted by molar-refractivity contribution is -0.142. The lowest BCUT2D eigenvalue weighted by Gasteiger charge is -2.34. The van der Waals surface area contributed by atoms with E-state index in [1.807, 2.05) is 0 Å². The summed E-state index contributed by atoms with van der Waals surface area (Å²) in [5, 5.41) is 5.13. The van der Waals surface area contributed by atoms with E-state index in [1.54, 1.807) is 19.2 Å². The standard InChI is InChI=1S/C18H28N2O3/c1-4-8-14(16(22)19-3)9-6-7-12-18(11-5-2)13-10-15(21)20-17(18)23/h4-5,14H,1-2,6-13H2,3H3,(H,19,22)(H,20,21,23)/t14-,18+/m1/s1. The smallest absolute Gasteiger partial charge is 0.233 e. The predicted octanol–water partition coefficient (Wildman–Crippen LogP) is 2.48. The molecule has 0 unspecified atom stereocenters. The first-order valence-electron chi connectivity index (χ1n) is 8.26. The van der Waals surface area contributed by atoms with Gasteiger partial charge >= 0.3 is 0 Å². The van der Waals surface area contributed by atoms with E-state index in [-0.39, 0.29) is 23.6 Å². The fraction of sp³-hybridized carbons (Fsp3) is 0.611. The molecule has 1 heterocycles. The Bertz CT molecular complexity index is 473. The molecule has 128 valence electrons. The topological polar surface area (TPSA) is 75.3 Å². The molecule has 1 aliphatic heterocycles. The van der Waals surface area contributed by atoms with E-state index in [0.717, 1.165) is 19.3 Å². The second kappa shape index (κ2) is 9.28. The lowest BCUT2D eigenvalue weighted by Crippen LogP contribution is -2.48. The van der Waals surface area contributed by atoms with Crippen LogP contribution in [0.15, 0.2) is 25.3 Å². The van der Waals surface area contributed by atoms with E-state index < -0.39 is 5.41 Å². The highest BCUT2D eigenvalue weighted by Gasteiger charge is 2.40. The van der Waals surface area contributed by atoms with Crippen molar-refractivity contribution in [2.75, 3.05) is 7.05 Å². The first-order chi connectivity index (χ1) is 11.0. The number of hydrogen-bond acceptors (Lipinski definition) is 3. The molecule has 0 bridgehead atoms. The molecule has 0 saturated carbocycles. The summed E-state index contributed by atoms with van der Waals surface area (Å²) in [6, 6.07) is 0. The molecule has 3 amide bonds. The average molecular weight is 320 g/mol. The molecule has 0 radical (unpaired) electrons. The lowest BCUT2D eigenvalue weighted by atomic mass is 9.73. The number of carbonyl (C=O) groups is 3. The van der Waals surface area contributed by atoms with Crippen LogP contribution in [-0.2, 0) is 14.4 Å². The van der Waals surface area contributed by atoms with Gasteiger partial charge in [-0.25, -0.2) is 0 Å². The summed E-state index contributed by atoms with van der Waals surface area (Å²) in [5.74, 6) is -0.399. The van der Waals surface area contributed by atoms with Crippen molar-refractivity contribution in [1.82, 2.24) is 10.6 Å². The summed E-state index contributed by atoms with van der Waals surface area (Å²) in [4.78, 5) is 35.4. The third kappa shape index (κ3) is 5.34. The minimum atomic E-state index is -0.517. The van der Waals surface area contributed by atoms with Gasteiger partial charge in [-0.2, -0.15) is 0 Å². The van der Waals surface area contributed by atoms with Crippen molar-refractivity contribution >= 4 is 17.7 Å². The number of allylic oxidation sites excluding steroid dienone is 2. The van der Waals surface area contributed by atoms with E-state index in [2.05, 4.69) is 23.8 Å². The van der Waals surface area contributed by atoms with Crippen LogP contribution in [0.25, 0.3) is 0 Å². The van der Waals surface area contributed by atoms with Crippen LogP contribution in [0.3, 0.4) is 0 Å². The predicted molar refractivity (Wildman–Crippen MR) is 90.5 cm³/mol. The maximum atomic E-state index is 12.2. The highest BCUT2D eigenvalue weighted by Crippen LogP contribution is 2.37. The second-order valence-electron chi connectivity index (χ2n) is 6.23. The first kappa shape index (κ1) is 19.1. The highest BCUT2D eigenvalue weighted by atomic mass is 16.2. The van der Waals surface area contributed by atoms with Crippen LogP contribution >= 0.6 is 0 Å². The quantitative estimate of drug-likeness (QED) is 0.369. The summed E-state index contributed by atoms with van der Waals surface area (Å²) in [7, 11) is 1.64. The molecule has 2 N–H and O–H groups in total. The Morgan fingerprint density at radius 2 is 2.09 bits per heavy atom. The molecule has 0 aromatic rings. The van der Waals surface area contributed by atoms with E-state index in [1.165, 1.54) is 0 Å². The molecule has 23 heavy (non-hydrogen) atoms. The minimum absolute atomic E-state index is 0.0340. The molecule has 2 atom stereocenters. The monoisotopic (exact) mass is 320 g/mol. The minimum Gasteiger partial charge on any atom is -0.359 e. The molecular weight excluding hydrogens is 292 g/mol. The van der Waals surface area contributed by atoms with Crippen molar-refractivity contribution in [3.8, 4) is 0 Å². The number of hydrogen-bond donors (Lipinski definition) is 2. The Kier molecular flexibility index (Phi) is 7.72. The molecule has 0 aromatic carbocycles. The molecular formula is C18H28N2O3. The third-order valence-corrected chi connectivity index (χ3v) is 4.63. The Morgan fingerprint density at radius 3 is 2.65 bits per heavy atom. The fourth-order valence-corrected chi connectivity index (χ4v) is 3.22. The zero-order valence-electron chi connectivity index (χ0n) is 14.0. The maximum Gasteiger partial charge on any atom is 0.233 e. The molecule has 1 saturated heterocycles. The summed E-state index contributed by atoms with van der Waals surface area (Å²) >= 11 is 0. The van der Waals surface area contributed by atoms with Gasteiger partial charge in [0.2, 0.25) is 17.7 Å². The number of amides is 3. The van der Waals surface area contributed by atoms with Crippen molar-refractivity contribution in [1.29, 1.82) is 0 Å². The molecule has 5 nitrogen and oxygen atoms in total. The van der Waals surface area contributed by atoms with Gasteiger partial charge in [-0.15, -0.1) is 13.2 Å². The Balaban J connectivity index is 2.54. The summed E-state index contributed by atoms with van der Waals surface area (Å²) in [6.45, 7) is 7.43. The number of rotatable bonds is 10. The molecule has 1 fully saturated rings. The fourth-order valence-electron chi connectivity index (χ4n) is 3.22. The number of imide groups is 1. The van der Waals surface area contributed by atoms with Crippen LogP contribution in [-0.4, -0.2) is 24.8 Å². The van der Waals surface area contributed by atoms with Crippen LogP contribution in [0.1, 0.15) is 51.4 Å². The van der Waals surface area contributed by atoms with Gasteiger partial charge in [0, 0.05) is 19.4 Å². The van der Waals surface area contributed by atoms with Crippen LogP contribution in [0, 0.1) is 11.3 Å². The summed E-state index contributed by atoms with van der Waals surface area (Å²) in [5.41, 5.74) is -0.517. The maximum absolute atomic E-state index is 12.2. The molecule has 0 aliphatic carbocycles. The van der Waals surface area contributed by atoms with Crippen molar-refractivity contribution in [2.24, 2.45) is 11.3 Å². The zero-order valence-corrected chi connectivity index (χ0v) is 14.0. The molecule has 1 aliphatic rings. The Morgan fingerprint density at radius 1 is 1.35 bits per heavy atom. The van der Waals surface area contributed by atoms with Crippen LogP contribution in [0.5, 0.6) is 0 Å². The van der Waals surface area contributed by atoms with Gasteiger partial charge in [-0.05, 0) is 32.1 Å². The van der Waals surface area contributed by atoms with E-state index in [0.29, 0.717) is 32.1 Å². The highest BCUT2D eigenvalue weighted by molar-refractivity contribution is 6.00. The van der Waals surface area contributed by atoms with Gasteiger partial charge in [0.05, 0.1) is 5.41 Å². The van der Waals surface area contributed by atoms with Crippen molar-refractivity contribution < 1.29 is 14.4 Å². The van der Waals surface area contributed by atoms with E-state index in [4.69, 9.17) is 0 Å². The number of unbranched alkanes of at least 4 members (excludes halogenated alkanes) is 1. The number of nitrogens with one attached hydrogen (secondary N) is 2. The largest absolute Gasteiger partial charge is 0.359 e. The number of carbonyl (C=O) groups excluding carboxylic acids is 3. The van der Waals surface area contributed by atoms with Crippen LogP contribution in [0.4, 0.5) is 0 Å². The molecule has 5 heteroatoms. The molecule has 0 aromatic heterocycles. The third-order valence-electron chi connectivity index (χ3n) is 4.63. The van der Waals surface area contributed by atoms with Gasteiger partial charge in [0.1, 0.15) is 0 Å². The van der Waals surface area contributed by atoms with Gasteiger partial charge in [-0.1, -0.05) is 25.0 Å². The van der Waals surface area contributed by atoms with Gasteiger partial charge in [0.25, 0.3) is 0 Å². The normalized spacial score (nSPS) is 22.1. The average Bonchev–Trinajstić information content (AvgIpc) is 2.53. The zero-order chi connectivity index (χ0) is 17.3. The Labute approximate surface area is 138 Å². The summed E-state index contributed by atoms with van der Waals surface area (Å²) < 4.78 is 0. The first-order valence-corrected chi connectivity index (χ1v) is 8.26. The van der Waals surface area contributed by atoms with Gasteiger partial charge in [0.15, 0.2) is 0 Å². The number of piperidine rings is 1. The molecule has 1 rings (SSSR count). The summed E-state index contributed by atoms with van der Waals surface area (Å²) in [6.07, 6.45) is 8.92. The van der Waals surface area contributed by atoms with Crippen molar-refractivity contribution in [2.45, 2.75) is 51.4 Å². The second-order valence-corrected chi connectivity index (χ2v) is 6.23. The van der Waals surface area contributed by atoms with Crippen LogP contribution < -0.4 is 10.6 Å². The van der Waals surface area contributed by atoms with E-state index in [9.17, 15) is 14.4 Å². The van der Waals surface area contributed by atoms with Crippen molar-refractivity contribution in [3.63, 3.8) is 0 Å². The van der Waals surface area contributed by atoms with Crippen molar-refractivity contribution in [3.05, 3.63) is 25.3 Å². The SMILES string of the molecule is C=CC[C@H](CCCC[C@@]1(CC=C)CCC(=O)NC1=O)C(=O)NC.